The molecule has 0 unspecified atom stereocenters. The summed E-state index contributed by atoms with van der Waals surface area (Å²) in [4.78, 5) is 0. The Balaban J connectivity index is 1.57. The number of rotatable bonds is 4. The number of phenolic OH excluding ortho intramolecular Hbond substituents is 1. The van der Waals surface area contributed by atoms with Gasteiger partial charge in [0.25, 0.3) is 0 Å². The normalized spacial score (nSPS) is 20.7. The van der Waals surface area contributed by atoms with E-state index in [0.29, 0.717) is 17.7 Å². The number of aromatic hydroxyl groups is 1. The third-order valence-corrected chi connectivity index (χ3v) is 4.24. The van der Waals surface area contributed by atoms with Crippen LogP contribution in [0.3, 0.4) is 0 Å². The molecule has 3 rings (SSSR count). The van der Waals surface area contributed by atoms with Gasteiger partial charge in [0.05, 0.1) is 7.11 Å². The zero-order valence-electron chi connectivity index (χ0n) is 12.5. The lowest BCUT2D eigenvalue weighted by molar-refractivity contribution is 0.369. The van der Waals surface area contributed by atoms with Gasteiger partial charge >= 0.3 is 0 Å². The SMILES string of the molecule is COc1ccc(NC2CC(c3ccc(C)cc3)C2)cc1O. The minimum Gasteiger partial charge on any atom is -0.504 e. The number of hydrogen-bond donors (Lipinski definition) is 2. The van der Waals surface area contributed by atoms with Crippen LogP contribution in [0.15, 0.2) is 42.5 Å². The lowest BCUT2D eigenvalue weighted by atomic mass is 9.75. The van der Waals surface area contributed by atoms with Crippen LogP contribution in [0.2, 0.25) is 0 Å². The van der Waals surface area contributed by atoms with Crippen molar-refractivity contribution in [3.8, 4) is 11.5 Å². The van der Waals surface area contributed by atoms with Gasteiger partial charge in [-0.3, -0.25) is 0 Å². The minimum absolute atomic E-state index is 0.178. The maximum absolute atomic E-state index is 9.79. The van der Waals surface area contributed by atoms with Crippen LogP contribution in [0.25, 0.3) is 0 Å². The summed E-state index contributed by atoms with van der Waals surface area (Å²) in [6, 6.07) is 14.7. The van der Waals surface area contributed by atoms with Gasteiger partial charge < -0.3 is 15.2 Å². The lowest BCUT2D eigenvalue weighted by Crippen LogP contribution is -2.33. The van der Waals surface area contributed by atoms with E-state index in [1.807, 2.05) is 6.07 Å². The van der Waals surface area contributed by atoms with Crippen molar-refractivity contribution >= 4 is 5.69 Å². The molecule has 2 aromatic carbocycles. The summed E-state index contributed by atoms with van der Waals surface area (Å²) in [6.45, 7) is 2.12. The van der Waals surface area contributed by atoms with Gasteiger partial charge in [0.2, 0.25) is 0 Å². The van der Waals surface area contributed by atoms with Crippen LogP contribution in [-0.2, 0) is 0 Å². The van der Waals surface area contributed by atoms with Crippen molar-refractivity contribution in [2.45, 2.75) is 31.7 Å². The average Bonchev–Trinajstić information content (AvgIpc) is 2.44. The Morgan fingerprint density at radius 3 is 2.43 bits per heavy atom. The number of phenols is 1. The van der Waals surface area contributed by atoms with Gasteiger partial charge in [-0.05, 0) is 43.4 Å². The molecule has 3 heteroatoms. The number of methoxy groups -OCH3 is 1. The second-order valence-corrected chi connectivity index (χ2v) is 5.81. The Kier molecular flexibility index (Phi) is 3.74. The summed E-state index contributed by atoms with van der Waals surface area (Å²) in [5.74, 6) is 1.33. The van der Waals surface area contributed by atoms with Gasteiger partial charge in [0, 0.05) is 17.8 Å². The molecule has 1 aliphatic carbocycles. The summed E-state index contributed by atoms with van der Waals surface area (Å²) < 4.78 is 5.05. The van der Waals surface area contributed by atoms with E-state index in [2.05, 4.69) is 36.5 Å². The molecule has 0 atom stereocenters. The van der Waals surface area contributed by atoms with Crippen LogP contribution in [0.5, 0.6) is 11.5 Å². The van der Waals surface area contributed by atoms with Crippen LogP contribution < -0.4 is 10.1 Å². The minimum atomic E-state index is 0.178. The van der Waals surface area contributed by atoms with Crippen molar-refractivity contribution in [1.82, 2.24) is 0 Å². The monoisotopic (exact) mass is 283 g/mol. The van der Waals surface area contributed by atoms with Crippen molar-refractivity contribution in [1.29, 1.82) is 0 Å². The van der Waals surface area contributed by atoms with Gasteiger partial charge in [0.15, 0.2) is 11.5 Å². The highest BCUT2D eigenvalue weighted by Gasteiger charge is 2.30. The summed E-state index contributed by atoms with van der Waals surface area (Å²) in [5, 5.41) is 13.3. The zero-order valence-corrected chi connectivity index (χ0v) is 12.5. The highest BCUT2D eigenvalue weighted by Crippen LogP contribution is 2.39. The van der Waals surface area contributed by atoms with E-state index in [4.69, 9.17) is 4.74 Å². The standard InChI is InChI=1S/C18H21NO2/c1-12-3-5-13(6-4-12)14-9-16(10-14)19-15-7-8-18(21-2)17(20)11-15/h3-8,11,14,16,19-20H,9-10H2,1-2H3. The largest absolute Gasteiger partial charge is 0.504 e. The zero-order chi connectivity index (χ0) is 14.8. The fraction of sp³-hybridized carbons (Fsp3) is 0.333. The Labute approximate surface area is 125 Å². The molecular formula is C18H21NO2. The van der Waals surface area contributed by atoms with E-state index in [-0.39, 0.29) is 5.75 Å². The molecule has 1 saturated carbocycles. The first-order valence-electron chi connectivity index (χ1n) is 7.36. The van der Waals surface area contributed by atoms with E-state index in [0.717, 1.165) is 18.5 Å². The molecular weight excluding hydrogens is 262 g/mol. The van der Waals surface area contributed by atoms with Crippen molar-refractivity contribution < 1.29 is 9.84 Å². The highest BCUT2D eigenvalue weighted by atomic mass is 16.5. The van der Waals surface area contributed by atoms with E-state index in [1.165, 1.54) is 11.1 Å². The summed E-state index contributed by atoms with van der Waals surface area (Å²) in [6.07, 6.45) is 2.27. The first kappa shape index (κ1) is 13.8. The van der Waals surface area contributed by atoms with Crippen LogP contribution >= 0.6 is 0 Å². The predicted octanol–water partition coefficient (Wildman–Crippen LogP) is 4.07. The molecule has 2 N–H and O–H groups in total. The average molecular weight is 283 g/mol. The van der Waals surface area contributed by atoms with Crippen LogP contribution in [0, 0.1) is 6.92 Å². The topological polar surface area (TPSA) is 41.5 Å². The van der Waals surface area contributed by atoms with Gasteiger partial charge in [-0.15, -0.1) is 0 Å². The quantitative estimate of drug-likeness (QED) is 0.889. The molecule has 0 amide bonds. The molecule has 0 aromatic heterocycles. The number of ether oxygens (including phenoxy) is 1. The second kappa shape index (κ2) is 5.68. The molecule has 1 aliphatic rings. The molecule has 0 heterocycles. The molecule has 0 saturated heterocycles. The number of anilines is 1. The van der Waals surface area contributed by atoms with E-state index >= 15 is 0 Å². The molecule has 110 valence electrons. The Morgan fingerprint density at radius 1 is 1.10 bits per heavy atom. The van der Waals surface area contributed by atoms with E-state index in [1.54, 1.807) is 19.2 Å². The molecule has 2 aromatic rings. The molecule has 0 spiro atoms. The van der Waals surface area contributed by atoms with Crippen molar-refractivity contribution in [2.75, 3.05) is 12.4 Å². The summed E-state index contributed by atoms with van der Waals surface area (Å²) in [5.41, 5.74) is 3.68. The van der Waals surface area contributed by atoms with E-state index < -0.39 is 0 Å². The third-order valence-electron chi connectivity index (χ3n) is 4.24. The van der Waals surface area contributed by atoms with Crippen molar-refractivity contribution in [2.24, 2.45) is 0 Å². The molecule has 0 bridgehead atoms. The Morgan fingerprint density at radius 2 is 1.81 bits per heavy atom. The number of nitrogens with one attached hydrogen (secondary N) is 1. The smallest absolute Gasteiger partial charge is 0.160 e. The van der Waals surface area contributed by atoms with Gasteiger partial charge in [-0.2, -0.15) is 0 Å². The Bertz CT molecular complexity index is 616. The van der Waals surface area contributed by atoms with Crippen LogP contribution in [-0.4, -0.2) is 18.3 Å². The molecule has 3 nitrogen and oxygen atoms in total. The highest BCUT2D eigenvalue weighted by molar-refractivity contribution is 5.55. The third kappa shape index (κ3) is 2.97. The van der Waals surface area contributed by atoms with Crippen LogP contribution in [0.1, 0.15) is 29.9 Å². The molecule has 0 radical (unpaired) electrons. The molecule has 1 fully saturated rings. The van der Waals surface area contributed by atoms with E-state index in [9.17, 15) is 5.11 Å². The van der Waals surface area contributed by atoms with Crippen molar-refractivity contribution in [3.63, 3.8) is 0 Å². The first-order chi connectivity index (χ1) is 10.2. The maximum atomic E-state index is 9.79. The fourth-order valence-electron chi connectivity index (χ4n) is 2.86. The number of hydrogen-bond acceptors (Lipinski definition) is 3. The summed E-state index contributed by atoms with van der Waals surface area (Å²) in [7, 11) is 1.56. The van der Waals surface area contributed by atoms with Crippen molar-refractivity contribution in [3.05, 3.63) is 53.6 Å². The predicted molar refractivity (Wildman–Crippen MR) is 85.2 cm³/mol. The number of aryl methyl sites for hydroxylation is 1. The van der Waals surface area contributed by atoms with Crippen LogP contribution in [0.4, 0.5) is 5.69 Å². The van der Waals surface area contributed by atoms with Gasteiger partial charge in [0.1, 0.15) is 0 Å². The number of benzene rings is 2. The van der Waals surface area contributed by atoms with Gasteiger partial charge in [-0.1, -0.05) is 29.8 Å². The lowest BCUT2D eigenvalue weighted by Gasteiger charge is -2.37. The second-order valence-electron chi connectivity index (χ2n) is 5.81. The summed E-state index contributed by atoms with van der Waals surface area (Å²) >= 11 is 0. The molecule has 0 aliphatic heterocycles. The van der Waals surface area contributed by atoms with Gasteiger partial charge in [-0.25, -0.2) is 0 Å². The molecule has 21 heavy (non-hydrogen) atoms. The fourth-order valence-corrected chi connectivity index (χ4v) is 2.86. The first-order valence-corrected chi connectivity index (χ1v) is 7.36. The Hall–Kier alpha value is -2.16. The maximum Gasteiger partial charge on any atom is 0.160 e.